The number of rotatable bonds is 1. The summed E-state index contributed by atoms with van der Waals surface area (Å²) < 4.78 is 0. The number of carboxylic acids is 1. The number of nitrogens with one attached hydrogen (secondary N) is 1. The van der Waals surface area contributed by atoms with Gasteiger partial charge in [-0.2, -0.15) is 0 Å². The largest absolute Gasteiger partial charge is 0.477 e. The Morgan fingerprint density at radius 3 is 2.86 bits per heavy atom. The van der Waals surface area contributed by atoms with Crippen LogP contribution in [0, 0.1) is 0 Å². The number of fused-ring (bicyclic) bond motifs is 1. The maximum atomic E-state index is 10.6. The molecule has 4 N–H and O–H groups in total. The topological polar surface area (TPSA) is 93.5 Å². The van der Waals surface area contributed by atoms with Crippen molar-refractivity contribution in [3.63, 3.8) is 0 Å². The molecule has 1 aliphatic rings. The molecular weight excluding hydrogens is 186 g/mol. The van der Waals surface area contributed by atoms with Gasteiger partial charge in [0.25, 0.3) is 0 Å². The molecule has 5 nitrogen and oxygen atoms in total. The van der Waals surface area contributed by atoms with Crippen LogP contribution in [0.4, 0.5) is 0 Å². The molecule has 1 aromatic rings. The first-order valence-corrected chi connectivity index (χ1v) is 4.07. The van der Waals surface area contributed by atoms with Crippen molar-refractivity contribution in [2.45, 2.75) is 12.2 Å². The van der Waals surface area contributed by atoms with Crippen LogP contribution in [-0.4, -0.2) is 32.1 Å². The van der Waals surface area contributed by atoms with Gasteiger partial charge in [-0.1, -0.05) is 0 Å². The number of aromatic amines is 1. The lowest BCUT2D eigenvalue weighted by molar-refractivity contribution is -0.116. The summed E-state index contributed by atoms with van der Waals surface area (Å²) in [6, 6.07) is 1.41. The highest BCUT2D eigenvalue weighted by Gasteiger charge is 2.26. The van der Waals surface area contributed by atoms with E-state index in [2.05, 4.69) is 4.98 Å². The highest BCUT2D eigenvalue weighted by molar-refractivity contribution is 5.86. The van der Waals surface area contributed by atoms with Gasteiger partial charge in [0, 0.05) is 12.1 Å². The first-order valence-electron chi connectivity index (χ1n) is 4.07. The van der Waals surface area contributed by atoms with E-state index in [4.69, 9.17) is 5.11 Å². The molecule has 0 bridgehead atoms. The average molecular weight is 195 g/mol. The summed E-state index contributed by atoms with van der Waals surface area (Å²) in [6.45, 7) is 0. The highest BCUT2D eigenvalue weighted by Crippen LogP contribution is 2.24. The van der Waals surface area contributed by atoms with E-state index in [0.717, 1.165) is 0 Å². The Bertz CT molecular complexity index is 416. The van der Waals surface area contributed by atoms with Gasteiger partial charge in [-0.3, -0.25) is 0 Å². The SMILES string of the molecule is O=C(O)c1cc2c([nH]1)C=CC(O)(O)C2. The predicted molar refractivity (Wildman–Crippen MR) is 47.7 cm³/mol. The van der Waals surface area contributed by atoms with E-state index in [1.807, 2.05) is 0 Å². The van der Waals surface area contributed by atoms with Crippen LogP contribution < -0.4 is 0 Å². The molecule has 0 aliphatic heterocycles. The molecule has 0 fully saturated rings. The number of aromatic nitrogens is 1. The Balaban J connectivity index is 2.42. The van der Waals surface area contributed by atoms with Gasteiger partial charge in [-0.05, 0) is 23.8 Å². The third kappa shape index (κ3) is 1.43. The van der Waals surface area contributed by atoms with Crippen LogP contribution in [0.1, 0.15) is 21.7 Å². The van der Waals surface area contributed by atoms with Crippen LogP contribution in [0.2, 0.25) is 0 Å². The lowest BCUT2D eigenvalue weighted by Gasteiger charge is -2.20. The molecule has 14 heavy (non-hydrogen) atoms. The minimum atomic E-state index is -1.87. The molecule has 0 saturated heterocycles. The molecule has 0 unspecified atom stereocenters. The monoisotopic (exact) mass is 195 g/mol. The summed E-state index contributed by atoms with van der Waals surface area (Å²) in [7, 11) is 0. The van der Waals surface area contributed by atoms with Gasteiger partial charge >= 0.3 is 5.97 Å². The van der Waals surface area contributed by atoms with Crippen molar-refractivity contribution in [3.8, 4) is 0 Å². The Morgan fingerprint density at radius 1 is 1.50 bits per heavy atom. The molecule has 0 spiro atoms. The van der Waals surface area contributed by atoms with Crippen LogP contribution in [0.3, 0.4) is 0 Å². The van der Waals surface area contributed by atoms with Gasteiger partial charge in [-0.15, -0.1) is 0 Å². The fraction of sp³-hybridized carbons (Fsp3) is 0.222. The van der Waals surface area contributed by atoms with Crippen molar-refractivity contribution in [3.05, 3.63) is 29.1 Å². The summed E-state index contributed by atoms with van der Waals surface area (Å²) in [4.78, 5) is 13.3. The lowest BCUT2D eigenvalue weighted by Crippen LogP contribution is -2.29. The zero-order valence-electron chi connectivity index (χ0n) is 7.19. The molecule has 2 rings (SSSR count). The molecule has 1 aliphatic carbocycles. The standard InChI is InChI=1S/C9H9NO4/c11-8(12)7-3-5-4-9(13,14)2-1-6(5)10-7/h1-3,10,13-14H,4H2,(H,11,12). The second-order valence-electron chi connectivity index (χ2n) is 3.32. The van der Waals surface area contributed by atoms with Crippen molar-refractivity contribution in [1.29, 1.82) is 0 Å². The summed E-state index contributed by atoms with van der Waals surface area (Å²) in [5.41, 5.74) is 1.26. The number of hydrogen-bond donors (Lipinski definition) is 4. The number of carboxylic acid groups (broad SMARTS) is 1. The van der Waals surface area contributed by atoms with Crippen molar-refractivity contribution in [2.24, 2.45) is 0 Å². The Morgan fingerprint density at radius 2 is 2.21 bits per heavy atom. The van der Waals surface area contributed by atoms with Crippen LogP contribution >= 0.6 is 0 Å². The van der Waals surface area contributed by atoms with Gasteiger partial charge < -0.3 is 20.3 Å². The van der Waals surface area contributed by atoms with Crippen molar-refractivity contribution in [1.82, 2.24) is 4.98 Å². The van der Waals surface area contributed by atoms with Gasteiger partial charge in [0.05, 0.1) is 0 Å². The van der Waals surface area contributed by atoms with Crippen LogP contribution in [0.15, 0.2) is 12.1 Å². The van der Waals surface area contributed by atoms with E-state index in [-0.39, 0.29) is 12.1 Å². The summed E-state index contributed by atoms with van der Waals surface area (Å²) >= 11 is 0. The van der Waals surface area contributed by atoms with Crippen LogP contribution in [0.25, 0.3) is 6.08 Å². The fourth-order valence-corrected chi connectivity index (χ4v) is 1.48. The molecule has 5 heteroatoms. The summed E-state index contributed by atoms with van der Waals surface area (Å²) in [6.07, 6.45) is 2.69. The van der Waals surface area contributed by atoms with E-state index < -0.39 is 11.8 Å². The second-order valence-corrected chi connectivity index (χ2v) is 3.32. The zero-order valence-corrected chi connectivity index (χ0v) is 7.19. The van der Waals surface area contributed by atoms with Gasteiger partial charge in [0.2, 0.25) is 0 Å². The van der Waals surface area contributed by atoms with E-state index in [9.17, 15) is 15.0 Å². The van der Waals surface area contributed by atoms with E-state index >= 15 is 0 Å². The molecule has 74 valence electrons. The maximum absolute atomic E-state index is 10.6. The molecule has 1 heterocycles. The van der Waals surface area contributed by atoms with E-state index in [1.165, 1.54) is 18.2 Å². The minimum Gasteiger partial charge on any atom is -0.477 e. The third-order valence-corrected chi connectivity index (χ3v) is 2.13. The first kappa shape index (κ1) is 8.98. The smallest absolute Gasteiger partial charge is 0.352 e. The Hall–Kier alpha value is -1.59. The van der Waals surface area contributed by atoms with Gasteiger partial charge in [-0.25, -0.2) is 4.79 Å². The molecule has 0 saturated carbocycles. The zero-order chi connectivity index (χ0) is 10.3. The Kier molecular flexibility index (Phi) is 1.73. The molecule has 1 aromatic heterocycles. The summed E-state index contributed by atoms with van der Waals surface area (Å²) in [5.74, 6) is -2.93. The molecule has 0 atom stereocenters. The van der Waals surface area contributed by atoms with Crippen LogP contribution in [-0.2, 0) is 6.42 Å². The lowest BCUT2D eigenvalue weighted by atomic mass is 9.99. The molecule has 0 radical (unpaired) electrons. The normalized spacial score (nSPS) is 17.9. The quantitative estimate of drug-likeness (QED) is 0.473. The van der Waals surface area contributed by atoms with Gasteiger partial charge in [0.15, 0.2) is 5.79 Å². The molecule has 0 amide bonds. The number of carbonyl (C=O) groups is 1. The fourth-order valence-electron chi connectivity index (χ4n) is 1.48. The molecular formula is C9H9NO4. The predicted octanol–water partition coefficient (Wildman–Crippen LogP) is -0.0369. The van der Waals surface area contributed by atoms with Crippen molar-refractivity contribution >= 4 is 12.0 Å². The van der Waals surface area contributed by atoms with Gasteiger partial charge in [0.1, 0.15) is 5.69 Å². The Labute approximate surface area is 79.3 Å². The van der Waals surface area contributed by atoms with Crippen molar-refractivity contribution < 1.29 is 20.1 Å². The minimum absolute atomic E-state index is 0.00259. The maximum Gasteiger partial charge on any atom is 0.352 e. The second kappa shape index (κ2) is 2.70. The number of aromatic carboxylic acids is 1. The van der Waals surface area contributed by atoms with E-state index in [0.29, 0.717) is 11.3 Å². The number of aliphatic hydroxyl groups is 2. The first-order chi connectivity index (χ1) is 6.48. The number of H-pyrrole nitrogens is 1. The van der Waals surface area contributed by atoms with Crippen LogP contribution in [0.5, 0.6) is 0 Å². The highest BCUT2D eigenvalue weighted by atomic mass is 16.5. The third-order valence-electron chi connectivity index (χ3n) is 2.13. The van der Waals surface area contributed by atoms with E-state index in [1.54, 1.807) is 0 Å². The van der Waals surface area contributed by atoms with Crippen molar-refractivity contribution in [2.75, 3.05) is 0 Å². The average Bonchev–Trinajstić information content (AvgIpc) is 2.45. The summed E-state index contributed by atoms with van der Waals surface area (Å²) in [5, 5.41) is 27.2. The number of hydrogen-bond acceptors (Lipinski definition) is 3. The molecule has 0 aromatic carbocycles.